The largest absolute Gasteiger partial charge is 0.344 e. The highest BCUT2D eigenvalue weighted by atomic mass is 35.5. The van der Waals surface area contributed by atoms with Crippen molar-refractivity contribution in [2.24, 2.45) is 0 Å². The molecule has 3 rings (SSSR count). The van der Waals surface area contributed by atoms with E-state index in [9.17, 15) is 18.0 Å². The third-order valence-electron chi connectivity index (χ3n) is 4.97. The number of halogens is 1. The van der Waals surface area contributed by atoms with Gasteiger partial charge in [-0.1, -0.05) is 48.6 Å². The number of aryl methyl sites for hydroxylation is 1. The molecule has 0 radical (unpaired) electrons. The highest BCUT2D eigenvalue weighted by molar-refractivity contribution is 7.93. The van der Waals surface area contributed by atoms with E-state index in [0.717, 1.165) is 37.7 Å². The summed E-state index contributed by atoms with van der Waals surface area (Å²) in [4.78, 5) is 25.2. The molecule has 1 fully saturated rings. The SMILES string of the molecule is Cc1ccc(S(=O)(=O)N(C(=O)NC(=O)NC2CCCCC2)c2ccc(Cl)cc2)cc1. The van der Waals surface area contributed by atoms with Gasteiger partial charge in [0.15, 0.2) is 0 Å². The van der Waals surface area contributed by atoms with Gasteiger partial charge < -0.3 is 5.32 Å². The van der Waals surface area contributed by atoms with E-state index in [4.69, 9.17) is 11.6 Å². The highest BCUT2D eigenvalue weighted by Crippen LogP contribution is 2.26. The number of hydrogen-bond donors (Lipinski definition) is 2. The van der Waals surface area contributed by atoms with Crippen LogP contribution in [-0.2, 0) is 10.0 Å². The number of carbonyl (C=O) groups is 2. The molecule has 0 atom stereocenters. The molecular formula is C21H24ClN3O4S. The van der Waals surface area contributed by atoms with Crippen LogP contribution in [0.15, 0.2) is 53.4 Å². The van der Waals surface area contributed by atoms with Crippen molar-refractivity contribution in [1.29, 1.82) is 0 Å². The fourth-order valence-electron chi connectivity index (χ4n) is 3.37. The first-order valence-corrected chi connectivity index (χ1v) is 11.6. The molecule has 9 heteroatoms. The fraction of sp³-hybridized carbons (Fsp3) is 0.333. The van der Waals surface area contributed by atoms with E-state index in [0.29, 0.717) is 9.33 Å². The summed E-state index contributed by atoms with van der Waals surface area (Å²) < 4.78 is 27.1. The molecule has 0 saturated heterocycles. The predicted octanol–water partition coefficient (Wildman–Crippen LogP) is 4.60. The van der Waals surface area contributed by atoms with Gasteiger partial charge in [-0.2, -0.15) is 4.31 Å². The van der Waals surface area contributed by atoms with Gasteiger partial charge in [-0.25, -0.2) is 18.0 Å². The summed E-state index contributed by atoms with van der Waals surface area (Å²) in [5.41, 5.74) is 0.950. The number of carbonyl (C=O) groups excluding carboxylic acids is 2. The molecular weight excluding hydrogens is 426 g/mol. The van der Waals surface area contributed by atoms with E-state index in [-0.39, 0.29) is 16.6 Å². The van der Waals surface area contributed by atoms with Crippen LogP contribution in [0.3, 0.4) is 0 Å². The predicted molar refractivity (Wildman–Crippen MR) is 116 cm³/mol. The Morgan fingerprint density at radius 3 is 2.17 bits per heavy atom. The average Bonchev–Trinajstić information content (AvgIpc) is 2.70. The number of rotatable bonds is 4. The van der Waals surface area contributed by atoms with E-state index in [1.165, 1.54) is 36.4 Å². The lowest BCUT2D eigenvalue weighted by molar-refractivity contribution is 0.226. The van der Waals surface area contributed by atoms with Crippen molar-refractivity contribution >= 4 is 39.4 Å². The maximum absolute atomic E-state index is 13.2. The van der Waals surface area contributed by atoms with Crippen LogP contribution < -0.4 is 14.9 Å². The Bertz CT molecular complexity index is 1000. The van der Waals surface area contributed by atoms with Crippen LogP contribution in [0.5, 0.6) is 0 Å². The summed E-state index contributed by atoms with van der Waals surface area (Å²) in [6.45, 7) is 1.83. The lowest BCUT2D eigenvalue weighted by Gasteiger charge is -2.25. The standard InChI is InChI=1S/C21H24ClN3O4S/c1-15-7-13-19(14-8-15)30(28,29)25(18-11-9-16(22)10-12-18)21(27)24-20(26)23-17-5-3-2-4-6-17/h7-14,17H,2-6H2,1H3,(H2,23,24,26,27). The lowest BCUT2D eigenvalue weighted by Crippen LogP contribution is -2.51. The van der Waals surface area contributed by atoms with Crippen LogP contribution in [0.1, 0.15) is 37.7 Å². The second-order valence-electron chi connectivity index (χ2n) is 7.30. The van der Waals surface area contributed by atoms with Crippen LogP contribution >= 0.6 is 11.6 Å². The minimum absolute atomic E-state index is 0.0239. The van der Waals surface area contributed by atoms with Gasteiger partial charge in [-0.3, -0.25) is 5.32 Å². The van der Waals surface area contributed by atoms with E-state index in [1.807, 2.05) is 6.92 Å². The number of anilines is 1. The molecule has 7 nitrogen and oxygen atoms in total. The molecule has 1 saturated carbocycles. The molecule has 2 N–H and O–H groups in total. The van der Waals surface area contributed by atoms with Crippen molar-refractivity contribution in [3.63, 3.8) is 0 Å². The molecule has 160 valence electrons. The van der Waals surface area contributed by atoms with Crippen molar-refractivity contribution in [3.8, 4) is 0 Å². The zero-order valence-electron chi connectivity index (χ0n) is 16.6. The third-order valence-corrected chi connectivity index (χ3v) is 6.94. The molecule has 1 aliphatic carbocycles. The maximum Gasteiger partial charge on any atom is 0.344 e. The van der Waals surface area contributed by atoms with Crippen molar-refractivity contribution in [2.75, 3.05) is 4.31 Å². The molecule has 2 aromatic carbocycles. The minimum Gasteiger partial charge on any atom is -0.335 e. The number of hydrogen-bond acceptors (Lipinski definition) is 4. The van der Waals surface area contributed by atoms with Crippen molar-refractivity contribution in [1.82, 2.24) is 10.6 Å². The molecule has 0 bridgehead atoms. The second kappa shape index (κ2) is 9.49. The normalized spacial score (nSPS) is 14.7. The van der Waals surface area contributed by atoms with Gasteiger partial charge in [-0.05, 0) is 56.2 Å². The molecule has 0 aromatic heterocycles. The van der Waals surface area contributed by atoms with E-state index in [2.05, 4.69) is 10.6 Å². The first-order valence-electron chi connectivity index (χ1n) is 9.76. The van der Waals surface area contributed by atoms with Crippen LogP contribution in [0.2, 0.25) is 5.02 Å². The topological polar surface area (TPSA) is 95.6 Å². The van der Waals surface area contributed by atoms with Gasteiger partial charge in [-0.15, -0.1) is 0 Å². The van der Waals surface area contributed by atoms with Crippen LogP contribution in [-0.4, -0.2) is 26.5 Å². The number of imide groups is 1. The van der Waals surface area contributed by atoms with Gasteiger partial charge in [0.1, 0.15) is 0 Å². The van der Waals surface area contributed by atoms with Crippen molar-refractivity contribution < 1.29 is 18.0 Å². The van der Waals surface area contributed by atoms with E-state index >= 15 is 0 Å². The summed E-state index contributed by atoms with van der Waals surface area (Å²) in [5.74, 6) is 0. The number of nitrogens with zero attached hydrogens (tertiary/aromatic N) is 1. The molecule has 4 amide bonds. The first-order chi connectivity index (χ1) is 14.3. The van der Waals surface area contributed by atoms with Crippen molar-refractivity contribution in [2.45, 2.75) is 50.0 Å². The van der Waals surface area contributed by atoms with Gasteiger partial charge in [0.05, 0.1) is 10.6 Å². The number of benzene rings is 2. The number of amides is 4. The van der Waals surface area contributed by atoms with Crippen LogP contribution in [0.4, 0.5) is 15.3 Å². The van der Waals surface area contributed by atoms with Crippen LogP contribution in [0.25, 0.3) is 0 Å². The first kappa shape index (κ1) is 22.1. The monoisotopic (exact) mass is 449 g/mol. The van der Waals surface area contributed by atoms with Gasteiger partial charge >= 0.3 is 12.1 Å². The molecule has 0 unspecified atom stereocenters. The number of nitrogens with one attached hydrogen (secondary N) is 2. The number of sulfonamides is 1. The number of urea groups is 2. The Morgan fingerprint density at radius 2 is 1.57 bits per heavy atom. The Labute approximate surface area is 181 Å². The van der Waals surface area contributed by atoms with Gasteiger partial charge in [0.2, 0.25) is 0 Å². The Kier molecular flexibility index (Phi) is 6.99. The molecule has 0 heterocycles. The zero-order valence-corrected chi connectivity index (χ0v) is 18.2. The molecule has 0 spiro atoms. The van der Waals surface area contributed by atoms with E-state index in [1.54, 1.807) is 12.1 Å². The Hall–Kier alpha value is -2.58. The third kappa shape index (κ3) is 5.31. The zero-order chi connectivity index (χ0) is 21.7. The summed E-state index contributed by atoms with van der Waals surface area (Å²) in [7, 11) is -4.26. The van der Waals surface area contributed by atoms with E-state index < -0.39 is 22.1 Å². The summed E-state index contributed by atoms with van der Waals surface area (Å²) in [6.07, 6.45) is 4.82. The molecule has 0 aliphatic heterocycles. The molecule has 2 aromatic rings. The maximum atomic E-state index is 13.2. The lowest BCUT2D eigenvalue weighted by atomic mass is 9.96. The second-order valence-corrected chi connectivity index (χ2v) is 9.52. The molecule has 30 heavy (non-hydrogen) atoms. The van der Waals surface area contributed by atoms with Crippen LogP contribution in [0, 0.1) is 6.92 Å². The smallest absolute Gasteiger partial charge is 0.335 e. The Morgan fingerprint density at radius 1 is 0.967 bits per heavy atom. The summed E-state index contributed by atoms with van der Waals surface area (Å²) in [5, 5.41) is 5.29. The van der Waals surface area contributed by atoms with Crippen molar-refractivity contribution in [3.05, 3.63) is 59.1 Å². The summed E-state index contributed by atoms with van der Waals surface area (Å²) >= 11 is 5.90. The Balaban J connectivity index is 1.87. The highest BCUT2D eigenvalue weighted by Gasteiger charge is 2.32. The quantitative estimate of drug-likeness (QED) is 0.713. The molecule has 1 aliphatic rings. The van der Waals surface area contributed by atoms with Gasteiger partial charge in [0, 0.05) is 11.1 Å². The van der Waals surface area contributed by atoms with Gasteiger partial charge in [0.25, 0.3) is 10.0 Å². The fourth-order valence-corrected chi connectivity index (χ4v) is 4.85. The average molecular weight is 450 g/mol. The minimum atomic E-state index is -4.26. The summed E-state index contributed by atoms with van der Waals surface area (Å²) in [6, 6.07) is 10.1.